The monoisotopic (exact) mass is 512 g/mol. The fourth-order valence-electron chi connectivity index (χ4n) is 2.90. The van der Waals surface area contributed by atoms with Crippen LogP contribution in [0.2, 0.25) is 10.0 Å². The van der Waals surface area contributed by atoms with E-state index in [4.69, 9.17) is 23.2 Å². The normalized spacial score (nSPS) is 12.9. The van der Waals surface area contributed by atoms with Crippen LogP contribution in [0.15, 0.2) is 24.3 Å². The molecule has 2 rings (SSSR count). The molecule has 1 unspecified atom stereocenters. The molecule has 0 heterocycles. The van der Waals surface area contributed by atoms with Crippen LogP contribution < -0.4 is 0 Å². The van der Waals surface area contributed by atoms with Crippen molar-refractivity contribution < 1.29 is 18.7 Å². The highest BCUT2D eigenvalue weighted by Crippen LogP contribution is 2.40. The summed E-state index contributed by atoms with van der Waals surface area (Å²) >= 11 is 14.2. The maximum absolute atomic E-state index is 14.2. The second-order valence-corrected chi connectivity index (χ2v) is 8.68. The summed E-state index contributed by atoms with van der Waals surface area (Å²) in [5.74, 6) is -3.92. The van der Waals surface area contributed by atoms with Crippen molar-refractivity contribution in [2.45, 2.75) is 32.6 Å². The minimum atomic E-state index is -1.10. The first-order valence-electron chi connectivity index (χ1n) is 7.78. The van der Waals surface area contributed by atoms with Gasteiger partial charge in [0.2, 0.25) is 0 Å². The minimum absolute atomic E-state index is 0.0279. The molecule has 0 radical (unpaired) electrons. The maximum Gasteiger partial charge on any atom is 0.307 e. The Bertz CT molecular complexity index is 823. The second-order valence-electron chi connectivity index (χ2n) is 6.68. The zero-order valence-corrected chi connectivity index (χ0v) is 18.0. The topological polar surface area (TPSA) is 37.3 Å². The maximum atomic E-state index is 14.2. The molecular weight excluding hydrogens is 496 g/mol. The molecule has 2 nitrogen and oxygen atoms in total. The Morgan fingerprint density at radius 2 is 1.62 bits per heavy atom. The Hall–Kier alpha value is -0.920. The fraction of sp³-hybridized carbons (Fsp3) is 0.316. The number of hydrogen-bond donors (Lipinski definition) is 1. The molecule has 1 N–H and O–H groups in total. The van der Waals surface area contributed by atoms with Crippen LogP contribution >= 0.6 is 45.8 Å². The molecule has 0 spiro atoms. The van der Waals surface area contributed by atoms with E-state index in [1.54, 1.807) is 13.8 Å². The third-order valence-electron chi connectivity index (χ3n) is 4.74. The van der Waals surface area contributed by atoms with Crippen molar-refractivity contribution in [3.63, 3.8) is 0 Å². The first kappa shape index (κ1) is 21.4. The van der Waals surface area contributed by atoms with E-state index in [2.05, 4.69) is 22.6 Å². The van der Waals surface area contributed by atoms with Crippen molar-refractivity contribution in [3.05, 3.63) is 66.2 Å². The predicted octanol–water partition coefficient (Wildman–Crippen LogP) is 6.41. The van der Waals surface area contributed by atoms with Gasteiger partial charge in [0.25, 0.3) is 0 Å². The lowest BCUT2D eigenvalue weighted by molar-refractivity contribution is -0.144. The molecule has 2 aromatic carbocycles. The zero-order chi connectivity index (χ0) is 19.8. The van der Waals surface area contributed by atoms with E-state index in [9.17, 15) is 18.7 Å². The highest BCUT2D eigenvalue weighted by Gasteiger charge is 2.38. The molecule has 0 saturated carbocycles. The van der Waals surface area contributed by atoms with Crippen LogP contribution in [-0.2, 0) is 16.6 Å². The van der Waals surface area contributed by atoms with Crippen molar-refractivity contribution in [1.29, 1.82) is 0 Å². The smallest absolute Gasteiger partial charge is 0.307 e. The van der Waals surface area contributed by atoms with Crippen molar-refractivity contribution in [3.8, 4) is 0 Å². The van der Waals surface area contributed by atoms with Crippen LogP contribution in [0.3, 0.4) is 0 Å². The van der Waals surface area contributed by atoms with E-state index in [-0.39, 0.29) is 27.6 Å². The van der Waals surface area contributed by atoms with Gasteiger partial charge in [-0.25, -0.2) is 8.78 Å². The third-order valence-corrected chi connectivity index (χ3v) is 6.25. The van der Waals surface area contributed by atoms with Crippen LogP contribution in [0.4, 0.5) is 8.78 Å². The van der Waals surface area contributed by atoms with Crippen LogP contribution in [0, 0.1) is 28.0 Å². The van der Waals surface area contributed by atoms with E-state index in [0.717, 1.165) is 9.13 Å². The summed E-state index contributed by atoms with van der Waals surface area (Å²) in [5.41, 5.74) is -0.334. The molecule has 0 amide bonds. The largest absolute Gasteiger partial charge is 0.481 e. The summed E-state index contributed by atoms with van der Waals surface area (Å²) < 4.78 is 29.4. The van der Waals surface area contributed by atoms with Gasteiger partial charge in [0.15, 0.2) is 0 Å². The van der Waals surface area contributed by atoms with Crippen molar-refractivity contribution in [1.82, 2.24) is 0 Å². The van der Waals surface area contributed by atoms with Crippen molar-refractivity contribution in [2.75, 3.05) is 0 Å². The molecule has 0 aliphatic rings. The van der Waals surface area contributed by atoms with E-state index in [1.165, 1.54) is 6.92 Å². The van der Waals surface area contributed by atoms with Gasteiger partial charge in [-0.15, -0.1) is 0 Å². The molecule has 2 aromatic rings. The summed E-state index contributed by atoms with van der Waals surface area (Å²) in [6.45, 7) is 4.78. The lowest BCUT2D eigenvalue weighted by Gasteiger charge is -2.33. The number of carboxylic acid groups (broad SMARTS) is 1. The zero-order valence-electron chi connectivity index (χ0n) is 14.3. The number of benzene rings is 2. The van der Waals surface area contributed by atoms with Gasteiger partial charge in [-0.3, -0.25) is 4.79 Å². The van der Waals surface area contributed by atoms with Crippen LogP contribution in [0.25, 0.3) is 0 Å². The molecule has 0 fully saturated rings. The van der Waals surface area contributed by atoms with E-state index < -0.39 is 28.9 Å². The molecular formula is C19H17Cl2F2IO2. The fourth-order valence-corrected chi connectivity index (χ4v) is 3.94. The average molecular weight is 513 g/mol. The highest BCUT2D eigenvalue weighted by molar-refractivity contribution is 14.1. The SMILES string of the molecule is Cc1c(F)c(Cl)c(CC(C(=O)O)C(C)(C)c2ccc(I)cc2)c(Cl)c1F. The summed E-state index contributed by atoms with van der Waals surface area (Å²) in [5, 5.41) is 9.12. The Kier molecular flexibility index (Phi) is 6.57. The van der Waals surface area contributed by atoms with E-state index >= 15 is 0 Å². The van der Waals surface area contributed by atoms with Gasteiger partial charge in [-0.2, -0.15) is 0 Å². The highest BCUT2D eigenvalue weighted by atomic mass is 127. The molecule has 140 valence electrons. The molecule has 0 aromatic heterocycles. The van der Waals surface area contributed by atoms with Gasteiger partial charge in [0, 0.05) is 14.5 Å². The molecule has 1 atom stereocenters. The first-order chi connectivity index (χ1) is 12.0. The Labute approximate surface area is 174 Å². The Morgan fingerprint density at radius 1 is 1.15 bits per heavy atom. The summed E-state index contributed by atoms with van der Waals surface area (Å²) in [6.07, 6.45) is -0.194. The third kappa shape index (κ3) is 3.99. The molecule has 0 aliphatic carbocycles. The number of carbonyl (C=O) groups is 1. The second kappa shape index (κ2) is 7.98. The van der Waals surface area contributed by atoms with Crippen molar-refractivity contribution >= 4 is 51.8 Å². The summed E-state index contributed by atoms with van der Waals surface area (Å²) in [7, 11) is 0. The predicted molar refractivity (Wildman–Crippen MR) is 108 cm³/mol. The van der Waals surface area contributed by atoms with Crippen LogP contribution in [0.1, 0.15) is 30.5 Å². The lowest BCUT2D eigenvalue weighted by Crippen LogP contribution is -2.36. The Balaban J connectivity index is 2.54. The van der Waals surface area contributed by atoms with Gasteiger partial charge < -0.3 is 5.11 Å². The number of halogens is 5. The molecule has 0 bridgehead atoms. The van der Waals surface area contributed by atoms with Gasteiger partial charge in [0.05, 0.1) is 16.0 Å². The lowest BCUT2D eigenvalue weighted by atomic mass is 9.71. The van der Waals surface area contributed by atoms with Crippen LogP contribution in [-0.4, -0.2) is 11.1 Å². The molecule has 26 heavy (non-hydrogen) atoms. The summed E-state index contributed by atoms with van der Waals surface area (Å²) in [6, 6.07) is 7.44. The Morgan fingerprint density at radius 3 is 2.04 bits per heavy atom. The number of rotatable bonds is 5. The van der Waals surface area contributed by atoms with Gasteiger partial charge >= 0.3 is 5.97 Å². The molecule has 0 aliphatic heterocycles. The quantitative estimate of drug-likeness (QED) is 0.371. The molecule has 0 saturated heterocycles. The number of hydrogen-bond acceptors (Lipinski definition) is 1. The minimum Gasteiger partial charge on any atom is -0.481 e. The first-order valence-corrected chi connectivity index (χ1v) is 9.62. The van der Waals surface area contributed by atoms with E-state index in [0.29, 0.717) is 0 Å². The average Bonchev–Trinajstić information content (AvgIpc) is 2.58. The number of carboxylic acids is 1. The standard InChI is InChI=1S/C19H17Cl2F2IO2/c1-9-16(22)14(20)12(15(21)17(9)23)8-13(18(25)26)19(2,3)10-4-6-11(24)7-5-10/h4-7,13H,8H2,1-3H3,(H,25,26). The van der Waals surface area contributed by atoms with Crippen molar-refractivity contribution in [2.24, 2.45) is 5.92 Å². The molecule has 7 heteroatoms. The van der Waals surface area contributed by atoms with Gasteiger partial charge in [-0.1, -0.05) is 49.2 Å². The van der Waals surface area contributed by atoms with Gasteiger partial charge in [0.1, 0.15) is 11.6 Å². The van der Waals surface area contributed by atoms with Crippen LogP contribution in [0.5, 0.6) is 0 Å². The van der Waals surface area contributed by atoms with Gasteiger partial charge in [-0.05, 0) is 59.2 Å². The summed E-state index contributed by atoms with van der Waals surface area (Å²) in [4.78, 5) is 12.0. The number of aliphatic carboxylic acids is 1. The van der Waals surface area contributed by atoms with E-state index in [1.807, 2.05) is 24.3 Å².